The van der Waals surface area contributed by atoms with Gasteiger partial charge in [0, 0.05) is 34.8 Å². The molecule has 0 amide bonds. The number of Topliss-reactive ketones (excluding diaryl/α,β-unsaturated/α-hetero) is 4. The van der Waals surface area contributed by atoms with Crippen LogP contribution in [0.1, 0.15) is 126 Å². The van der Waals surface area contributed by atoms with Crippen molar-refractivity contribution in [3.8, 4) is 5.75 Å². The standard InChI is InChI=1S/C41H50O7/c1-22(2)30-18-27(13-14-28(43)17-26-11-15-29(16-12-26)48-38(6,7)8)24(4)33-31(30)20-39(9)21-40(10)19-23(3)32(25(5)42)36(45)41(40,47)37(46)34(39)35(33)44/h11-12,15-16,18,22,46-47H,13-14,17,19-21H2,1-10H3/t39-,40+,41+/m1/s1. The molecular formula is C41H50O7. The highest BCUT2D eigenvalue weighted by Gasteiger charge is 2.67. The molecule has 2 N–H and O–H groups in total. The van der Waals surface area contributed by atoms with Crippen LogP contribution in [0.5, 0.6) is 5.75 Å². The van der Waals surface area contributed by atoms with Gasteiger partial charge in [-0.2, -0.15) is 0 Å². The second-order valence-electron chi connectivity index (χ2n) is 16.3. The summed E-state index contributed by atoms with van der Waals surface area (Å²) < 4.78 is 5.89. The summed E-state index contributed by atoms with van der Waals surface area (Å²) in [5.41, 5.74) is 0.858. The van der Waals surface area contributed by atoms with Crippen LogP contribution in [0.15, 0.2) is 52.8 Å². The highest BCUT2D eigenvalue weighted by atomic mass is 16.5. The van der Waals surface area contributed by atoms with Crippen LogP contribution < -0.4 is 4.74 Å². The number of hydrogen-bond donors (Lipinski definition) is 2. The van der Waals surface area contributed by atoms with Crippen LogP contribution in [0.4, 0.5) is 0 Å². The Bertz CT molecular complexity index is 1800. The normalized spacial score (nSPS) is 25.6. The number of hydrogen-bond acceptors (Lipinski definition) is 7. The van der Waals surface area contributed by atoms with Crippen LogP contribution in [0, 0.1) is 17.8 Å². The molecule has 0 aromatic heterocycles. The van der Waals surface area contributed by atoms with Gasteiger partial charge in [0.25, 0.3) is 0 Å². The van der Waals surface area contributed by atoms with E-state index in [9.17, 15) is 29.4 Å². The lowest BCUT2D eigenvalue weighted by molar-refractivity contribution is -0.157. The summed E-state index contributed by atoms with van der Waals surface area (Å²) in [6.07, 6.45) is 2.02. The lowest BCUT2D eigenvalue weighted by atomic mass is 9.47. The highest BCUT2D eigenvalue weighted by molar-refractivity contribution is 6.25. The van der Waals surface area contributed by atoms with Gasteiger partial charge in [0.2, 0.25) is 5.78 Å². The van der Waals surface area contributed by atoms with Gasteiger partial charge in [0.15, 0.2) is 17.2 Å². The molecular weight excluding hydrogens is 604 g/mol. The average molecular weight is 655 g/mol. The van der Waals surface area contributed by atoms with Gasteiger partial charge in [-0.05, 0) is 113 Å². The Balaban J connectivity index is 1.50. The van der Waals surface area contributed by atoms with Gasteiger partial charge in [-0.25, -0.2) is 0 Å². The van der Waals surface area contributed by atoms with Crippen LogP contribution in [-0.4, -0.2) is 44.5 Å². The molecule has 3 aliphatic carbocycles. The summed E-state index contributed by atoms with van der Waals surface area (Å²) in [4.78, 5) is 54.1. The summed E-state index contributed by atoms with van der Waals surface area (Å²) in [5, 5.41) is 24.0. The first-order valence-corrected chi connectivity index (χ1v) is 17.0. The van der Waals surface area contributed by atoms with E-state index in [0.717, 1.165) is 33.6 Å². The molecule has 0 aliphatic heterocycles. The van der Waals surface area contributed by atoms with Gasteiger partial charge in [-0.1, -0.05) is 51.5 Å². The number of rotatable bonds is 8. The molecule has 0 unspecified atom stereocenters. The van der Waals surface area contributed by atoms with Crippen LogP contribution in [0.25, 0.3) is 0 Å². The lowest BCUT2D eigenvalue weighted by Gasteiger charge is -2.56. The van der Waals surface area contributed by atoms with E-state index in [1.54, 1.807) is 13.8 Å². The molecule has 0 spiro atoms. The van der Waals surface area contributed by atoms with Gasteiger partial charge in [-0.15, -0.1) is 0 Å². The van der Waals surface area contributed by atoms with E-state index in [4.69, 9.17) is 4.74 Å². The molecule has 0 heterocycles. The second kappa shape index (κ2) is 11.9. The average Bonchev–Trinajstić information content (AvgIpc) is 2.94. The molecule has 5 rings (SSSR count). The fourth-order valence-electron chi connectivity index (χ4n) is 8.76. The summed E-state index contributed by atoms with van der Waals surface area (Å²) in [5.74, 6) is -1.42. The van der Waals surface area contributed by atoms with E-state index >= 15 is 0 Å². The van der Waals surface area contributed by atoms with Crippen LogP contribution in [0.2, 0.25) is 0 Å². The number of carbonyl (C=O) groups excluding carboxylic acids is 4. The number of fused-ring (bicyclic) bond motifs is 3. The summed E-state index contributed by atoms with van der Waals surface area (Å²) >= 11 is 0. The minimum Gasteiger partial charge on any atom is -0.508 e. The van der Waals surface area contributed by atoms with Crippen molar-refractivity contribution in [3.63, 3.8) is 0 Å². The van der Waals surface area contributed by atoms with Crippen LogP contribution in [0.3, 0.4) is 0 Å². The highest BCUT2D eigenvalue weighted by Crippen LogP contribution is 2.62. The van der Waals surface area contributed by atoms with Crippen LogP contribution in [-0.2, 0) is 33.6 Å². The summed E-state index contributed by atoms with van der Waals surface area (Å²) in [6, 6.07) is 9.71. The first-order chi connectivity index (χ1) is 22.1. The van der Waals surface area contributed by atoms with Crippen molar-refractivity contribution < 1.29 is 34.1 Å². The Hall–Kier alpha value is -3.84. The summed E-state index contributed by atoms with van der Waals surface area (Å²) in [6.45, 7) is 18.7. The van der Waals surface area contributed by atoms with Crippen molar-refractivity contribution >= 4 is 23.1 Å². The van der Waals surface area contributed by atoms with E-state index in [2.05, 4.69) is 19.9 Å². The molecule has 48 heavy (non-hydrogen) atoms. The zero-order valence-corrected chi connectivity index (χ0v) is 30.1. The fourth-order valence-corrected chi connectivity index (χ4v) is 8.76. The molecule has 0 fully saturated rings. The van der Waals surface area contributed by atoms with Crippen molar-refractivity contribution in [3.05, 3.63) is 86.2 Å². The van der Waals surface area contributed by atoms with Gasteiger partial charge in [0.1, 0.15) is 22.9 Å². The van der Waals surface area contributed by atoms with Crippen molar-refractivity contribution in [1.82, 2.24) is 0 Å². The van der Waals surface area contributed by atoms with Crippen molar-refractivity contribution in [1.29, 1.82) is 0 Å². The molecule has 0 saturated carbocycles. The zero-order valence-electron chi connectivity index (χ0n) is 30.1. The van der Waals surface area contributed by atoms with Crippen molar-refractivity contribution in [2.75, 3.05) is 0 Å². The third kappa shape index (κ3) is 5.78. The smallest absolute Gasteiger partial charge is 0.206 e. The van der Waals surface area contributed by atoms with E-state index in [0.29, 0.717) is 30.4 Å². The van der Waals surface area contributed by atoms with E-state index < -0.39 is 39.5 Å². The van der Waals surface area contributed by atoms with Gasteiger partial charge < -0.3 is 14.9 Å². The molecule has 256 valence electrons. The number of carbonyl (C=O) groups is 4. The first kappa shape index (κ1) is 35.5. The number of aliphatic hydroxyl groups excluding tert-OH is 1. The predicted octanol–water partition coefficient (Wildman–Crippen LogP) is 7.62. The number of benzene rings is 2. The molecule has 7 heteroatoms. The minimum absolute atomic E-state index is 0.0516. The Labute approximate surface area is 284 Å². The topological polar surface area (TPSA) is 118 Å². The molecule has 3 atom stereocenters. The SMILES string of the molecule is CC(=O)C1=C(C)C[C@@]2(C)C[C@@]3(C)Cc4c(C(C)C)cc(CCC(=O)Cc5ccc(OC(C)(C)C)cc5)c(C)c4C(=O)C3=C(O)[C@@]2(O)C1=O. The third-order valence-corrected chi connectivity index (χ3v) is 10.7. The van der Waals surface area contributed by atoms with E-state index in [1.165, 1.54) is 6.92 Å². The monoisotopic (exact) mass is 654 g/mol. The van der Waals surface area contributed by atoms with Gasteiger partial charge in [-0.3, -0.25) is 19.2 Å². The van der Waals surface area contributed by atoms with Crippen molar-refractivity contribution in [2.24, 2.45) is 10.8 Å². The number of ether oxygens (including phenoxy) is 1. The van der Waals surface area contributed by atoms with E-state index in [-0.39, 0.29) is 47.7 Å². The molecule has 2 aromatic rings. The number of aryl methyl sites for hydroxylation is 1. The van der Waals surface area contributed by atoms with Gasteiger partial charge in [0.05, 0.1) is 5.57 Å². The largest absolute Gasteiger partial charge is 0.508 e. The number of aliphatic hydroxyl groups is 2. The molecule has 0 radical (unpaired) electrons. The number of allylic oxidation sites excluding steroid dienone is 2. The molecule has 0 saturated heterocycles. The molecule has 7 nitrogen and oxygen atoms in total. The Morgan fingerprint density at radius 2 is 1.65 bits per heavy atom. The first-order valence-electron chi connectivity index (χ1n) is 17.0. The van der Waals surface area contributed by atoms with E-state index in [1.807, 2.05) is 58.9 Å². The zero-order chi connectivity index (χ0) is 35.7. The molecule has 3 aliphatic rings. The molecule has 0 bridgehead atoms. The summed E-state index contributed by atoms with van der Waals surface area (Å²) in [7, 11) is 0. The quantitative estimate of drug-likeness (QED) is 0.281. The maximum absolute atomic E-state index is 14.6. The predicted molar refractivity (Wildman–Crippen MR) is 186 cm³/mol. The maximum atomic E-state index is 14.6. The Kier molecular flexibility index (Phi) is 8.82. The number of ketones is 4. The Morgan fingerprint density at radius 3 is 2.21 bits per heavy atom. The molecule has 2 aromatic carbocycles. The minimum atomic E-state index is -2.38. The van der Waals surface area contributed by atoms with Crippen LogP contribution >= 0.6 is 0 Å². The maximum Gasteiger partial charge on any atom is 0.206 e. The third-order valence-electron chi connectivity index (χ3n) is 10.7. The van der Waals surface area contributed by atoms with Gasteiger partial charge >= 0.3 is 0 Å². The van der Waals surface area contributed by atoms with Crippen molar-refractivity contribution in [2.45, 2.75) is 125 Å². The second-order valence-corrected chi connectivity index (χ2v) is 16.3. The Morgan fingerprint density at radius 1 is 1.02 bits per heavy atom. The fraction of sp³-hybridized carbons (Fsp3) is 0.512. The lowest BCUT2D eigenvalue weighted by Crippen LogP contribution is -2.63.